The van der Waals surface area contributed by atoms with Crippen LogP contribution >= 0.6 is 0 Å². The van der Waals surface area contributed by atoms with Gasteiger partial charge in [-0.15, -0.1) is 0 Å². The van der Waals surface area contributed by atoms with Crippen LogP contribution in [0.1, 0.15) is 122 Å². The summed E-state index contributed by atoms with van der Waals surface area (Å²) >= 11 is 0. The third-order valence-corrected chi connectivity index (χ3v) is 13.4. The summed E-state index contributed by atoms with van der Waals surface area (Å²) < 4.78 is 233. The van der Waals surface area contributed by atoms with E-state index in [-0.39, 0.29) is 50.0 Å². The van der Waals surface area contributed by atoms with Crippen molar-refractivity contribution in [2.45, 2.75) is 171 Å². The van der Waals surface area contributed by atoms with Gasteiger partial charge in [0, 0.05) is 0 Å². The van der Waals surface area contributed by atoms with E-state index >= 15 is 26.3 Å². The molecule has 11 atom stereocenters. The molecule has 354 valence electrons. The van der Waals surface area contributed by atoms with Crippen LogP contribution in [0.5, 0.6) is 0 Å². The van der Waals surface area contributed by atoms with E-state index in [1.54, 1.807) is 20.8 Å². The molecule has 0 heterocycles. The first kappa shape index (κ1) is 51.6. The van der Waals surface area contributed by atoms with Gasteiger partial charge in [-0.1, -0.05) is 32.9 Å². The summed E-state index contributed by atoms with van der Waals surface area (Å²) in [5.74, 6) is -4.14. The first-order valence-corrected chi connectivity index (χ1v) is 20.0. The van der Waals surface area contributed by atoms with E-state index in [1.807, 2.05) is 0 Å². The number of ether oxygens (including phenoxy) is 4. The molecule has 21 heteroatoms. The van der Waals surface area contributed by atoms with E-state index in [9.17, 15) is 49.7 Å². The van der Waals surface area contributed by atoms with E-state index in [0.29, 0.717) is 33.3 Å². The molecular weight excluding hydrogens is 861 g/mol. The smallest absolute Gasteiger partial charge is 0.381 e. The first-order chi connectivity index (χ1) is 27.5. The van der Waals surface area contributed by atoms with Crippen LogP contribution in [0.4, 0.5) is 65.9 Å². The second-order valence-corrected chi connectivity index (χ2v) is 17.9. The molecule has 1 aromatic rings. The minimum atomic E-state index is -6.08. The number of alkyl halides is 15. The van der Waals surface area contributed by atoms with Crippen LogP contribution in [0, 0.1) is 29.6 Å². The molecule has 0 saturated heterocycles. The minimum Gasteiger partial charge on any atom is -0.381 e. The number of benzene rings is 1. The lowest BCUT2D eigenvalue weighted by atomic mass is 9.78. The van der Waals surface area contributed by atoms with Crippen molar-refractivity contribution in [2.75, 3.05) is 13.6 Å². The highest BCUT2D eigenvalue weighted by Crippen LogP contribution is 2.57. The Labute approximate surface area is 343 Å². The fourth-order valence-corrected chi connectivity index (χ4v) is 8.95. The number of hydrogen-bond donors (Lipinski definition) is 2. The molecule has 0 aromatic heterocycles. The van der Waals surface area contributed by atoms with Gasteiger partial charge in [0.25, 0.3) is 5.60 Å². The highest BCUT2D eigenvalue weighted by molar-refractivity contribution is 5.39. The molecule has 3 fully saturated rings. The van der Waals surface area contributed by atoms with E-state index in [0.717, 1.165) is 12.1 Å². The summed E-state index contributed by atoms with van der Waals surface area (Å²) in [4.78, 5) is 0. The van der Waals surface area contributed by atoms with E-state index in [4.69, 9.17) is 18.9 Å². The Bertz CT molecular complexity index is 1610. The van der Waals surface area contributed by atoms with Crippen molar-refractivity contribution in [3.63, 3.8) is 0 Å². The van der Waals surface area contributed by atoms with Crippen molar-refractivity contribution < 1.29 is 95.0 Å². The summed E-state index contributed by atoms with van der Waals surface area (Å²) in [6, 6.07) is 2.62. The Kier molecular flexibility index (Phi) is 15.0. The highest BCUT2D eigenvalue weighted by atomic mass is 19.4. The quantitative estimate of drug-likeness (QED) is 0.120. The molecule has 0 aliphatic heterocycles. The zero-order valence-corrected chi connectivity index (χ0v) is 34.3. The van der Waals surface area contributed by atoms with Crippen LogP contribution in [0.15, 0.2) is 18.2 Å². The van der Waals surface area contributed by atoms with Crippen LogP contribution in [0.25, 0.3) is 0 Å². The van der Waals surface area contributed by atoms with Crippen LogP contribution < -0.4 is 0 Å². The molecule has 2 N–H and O–H groups in total. The molecule has 2 bridgehead atoms. The van der Waals surface area contributed by atoms with Crippen LogP contribution in [-0.4, -0.2) is 78.1 Å². The fraction of sp³-hybridized carbons (Fsp3) is 0.850. The Hall–Kier alpha value is -2.07. The van der Waals surface area contributed by atoms with E-state index in [1.165, 1.54) is 0 Å². The number of rotatable bonds is 17. The van der Waals surface area contributed by atoms with Gasteiger partial charge in [0.2, 0.25) is 0 Å². The first-order valence-electron chi connectivity index (χ1n) is 20.0. The molecular formula is C40H53F15O6. The van der Waals surface area contributed by atoms with Crippen molar-refractivity contribution in [1.82, 2.24) is 0 Å². The van der Waals surface area contributed by atoms with Gasteiger partial charge in [-0.25, -0.2) is 0 Å². The van der Waals surface area contributed by atoms with Crippen molar-refractivity contribution in [2.24, 2.45) is 29.6 Å². The molecule has 61 heavy (non-hydrogen) atoms. The second-order valence-electron chi connectivity index (χ2n) is 17.9. The SMILES string of the molecule is CCC(C)c1cc(C(C)(OCOC2CC(C)CC2CCC(C)(O)C(F)(F)F)C(F)(F)F)cc(C(C)(OCOC2CC3CC(CC(O)(C(F)(F)F)C(F)(F)F)C2C3)C(F)(F)F)c1. The lowest BCUT2D eigenvalue weighted by molar-refractivity contribution is -0.373. The molecule has 3 aliphatic carbocycles. The maximum Gasteiger partial charge on any atom is 0.426 e. The van der Waals surface area contributed by atoms with Gasteiger partial charge in [0.05, 0.1) is 12.2 Å². The highest BCUT2D eigenvalue weighted by Gasteiger charge is 2.71. The maximum absolute atomic E-state index is 15.1. The Morgan fingerprint density at radius 1 is 0.623 bits per heavy atom. The van der Waals surface area contributed by atoms with Gasteiger partial charge in [0.15, 0.2) is 16.8 Å². The van der Waals surface area contributed by atoms with Crippen molar-refractivity contribution in [3.05, 3.63) is 34.9 Å². The number of hydrogen-bond acceptors (Lipinski definition) is 6. The number of fused-ring (bicyclic) bond motifs is 2. The standard InChI is InChI=1S/C40H53F15O6/c1-7-22(3)25-15-27(33(5,37(44,45)46)60-19-58-30-11-21(2)10-24(30)8-9-32(4,56)36(41,42)43)17-28(16-25)34(6,38(47,48)49)61-20-59-31-14-23-12-26(29(31)13-23)18-35(57,39(50,51)52)40(53,54)55/h15-17,21-24,26,29-31,56-57H,7-14,18-20H2,1-6H3. The molecule has 1 aromatic carbocycles. The molecule has 0 spiro atoms. The second kappa shape index (κ2) is 17.7. The zero-order valence-electron chi connectivity index (χ0n) is 34.3. The van der Waals surface area contributed by atoms with Crippen LogP contribution in [-0.2, 0) is 30.1 Å². The van der Waals surface area contributed by atoms with Gasteiger partial charge in [-0.3, -0.25) is 0 Å². The predicted octanol–water partition coefficient (Wildman–Crippen LogP) is 11.9. The third kappa shape index (κ3) is 10.7. The van der Waals surface area contributed by atoms with Crippen LogP contribution in [0.2, 0.25) is 0 Å². The van der Waals surface area contributed by atoms with E-state index < -0.39 is 133 Å². The maximum atomic E-state index is 15.1. The summed E-state index contributed by atoms with van der Waals surface area (Å²) in [7, 11) is 0. The minimum absolute atomic E-state index is 0.0224. The van der Waals surface area contributed by atoms with Crippen molar-refractivity contribution in [1.29, 1.82) is 0 Å². The van der Waals surface area contributed by atoms with Crippen LogP contribution in [0.3, 0.4) is 0 Å². The van der Waals surface area contributed by atoms with Gasteiger partial charge in [-0.2, -0.15) is 65.9 Å². The molecule has 3 saturated carbocycles. The molecule has 0 amide bonds. The monoisotopic (exact) mass is 914 g/mol. The zero-order chi connectivity index (χ0) is 46.6. The Balaban J connectivity index is 1.58. The fourth-order valence-electron chi connectivity index (χ4n) is 8.95. The molecule has 6 nitrogen and oxygen atoms in total. The average molecular weight is 915 g/mol. The van der Waals surface area contributed by atoms with Gasteiger partial charge >= 0.3 is 30.9 Å². The lowest BCUT2D eigenvalue weighted by Gasteiger charge is -2.39. The predicted molar refractivity (Wildman–Crippen MR) is 187 cm³/mol. The lowest BCUT2D eigenvalue weighted by Crippen LogP contribution is -2.58. The summed E-state index contributed by atoms with van der Waals surface area (Å²) in [5.41, 5.74) is -16.4. The normalized spacial score (nSPS) is 29.1. The molecule has 11 unspecified atom stereocenters. The summed E-state index contributed by atoms with van der Waals surface area (Å²) in [6.45, 7) is 4.36. The third-order valence-electron chi connectivity index (χ3n) is 13.4. The van der Waals surface area contributed by atoms with Gasteiger partial charge in [0.1, 0.15) is 13.6 Å². The average Bonchev–Trinajstić information content (AvgIpc) is 3.81. The van der Waals surface area contributed by atoms with Gasteiger partial charge in [-0.05, 0) is 137 Å². The largest absolute Gasteiger partial charge is 0.426 e. The summed E-state index contributed by atoms with van der Waals surface area (Å²) in [6.07, 6.45) is -31.5. The molecule has 3 aliphatic rings. The Morgan fingerprint density at radius 3 is 1.54 bits per heavy atom. The number of aliphatic hydroxyl groups is 2. The molecule has 4 rings (SSSR count). The topological polar surface area (TPSA) is 77.4 Å². The Morgan fingerprint density at radius 2 is 1.11 bits per heavy atom. The summed E-state index contributed by atoms with van der Waals surface area (Å²) in [5, 5.41) is 19.7. The van der Waals surface area contributed by atoms with E-state index in [2.05, 4.69) is 0 Å². The number of halogens is 15. The van der Waals surface area contributed by atoms with Crippen molar-refractivity contribution >= 4 is 0 Å². The van der Waals surface area contributed by atoms with Crippen molar-refractivity contribution in [3.8, 4) is 0 Å². The molecule has 0 radical (unpaired) electrons. The van der Waals surface area contributed by atoms with Gasteiger partial charge < -0.3 is 29.2 Å².